The Balaban J connectivity index is 1.83. The summed E-state index contributed by atoms with van der Waals surface area (Å²) in [5.41, 5.74) is 10.00. The van der Waals surface area contributed by atoms with Crippen LogP contribution in [0.3, 0.4) is 0 Å². The van der Waals surface area contributed by atoms with Gasteiger partial charge in [-0.2, -0.15) is 5.26 Å². The number of hydrogen-bond donors (Lipinski definition) is 1. The van der Waals surface area contributed by atoms with Crippen LogP contribution >= 0.6 is 46.4 Å². The maximum atomic E-state index is 9.72. The van der Waals surface area contributed by atoms with Crippen LogP contribution in [-0.2, 0) is 4.74 Å². The summed E-state index contributed by atoms with van der Waals surface area (Å²) in [6.45, 7) is 0. The lowest BCUT2D eigenvalue weighted by Crippen LogP contribution is -2.19. The Bertz CT molecular complexity index is 1160. The average Bonchev–Trinajstić information content (AvgIpc) is 3.05. The first kappa shape index (κ1) is 20.2. The second kappa shape index (κ2) is 7.97. The Labute approximate surface area is 188 Å². The fourth-order valence-corrected chi connectivity index (χ4v) is 4.71. The molecular weight excluding hydrogens is 450 g/mol. The zero-order valence-electron chi connectivity index (χ0n) is 15.0. The van der Waals surface area contributed by atoms with E-state index in [1.807, 2.05) is 18.2 Å². The molecule has 0 bridgehead atoms. The lowest BCUT2D eigenvalue weighted by atomic mass is 9.83. The molecule has 1 atom stereocenters. The lowest BCUT2D eigenvalue weighted by Gasteiger charge is -2.27. The predicted octanol–water partition coefficient (Wildman–Crippen LogP) is 7.24. The first-order valence-corrected chi connectivity index (χ1v) is 10.3. The van der Waals surface area contributed by atoms with Crippen molar-refractivity contribution in [1.29, 1.82) is 5.26 Å². The highest BCUT2D eigenvalue weighted by Crippen LogP contribution is 2.50. The smallest absolute Gasteiger partial charge is 0.205 e. The Hall–Kier alpha value is -2.09. The maximum absolute atomic E-state index is 9.72. The summed E-state index contributed by atoms with van der Waals surface area (Å²) in [5, 5.41) is 11.8. The number of allylic oxidation sites excluding steroid dienone is 3. The van der Waals surface area contributed by atoms with Gasteiger partial charge in [0.2, 0.25) is 5.88 Å². The number of nitrogens with zero attached hydrogens (tertiary/aromatic N) is 1. The molecule has 0 saturated carbocycles. The minimum absolute atomic E-state index is 0.0808. The molecule has 2 aromatic rings. The average molecular weight is 464 g/mol. The van der Waals surface area contributed by atoms with Crippen molar-refractivity contribution in [3.8, 4) is 6.07 Å². The molecule has 1 aliphatic carbocycles. The first-order chi connectivity index (χ1) is 13.9. The van der Waals surface area contributed by atoms with Crippen molar-refractivity contribution < 1.29 is 4.74 Å². The summed E-state index contributed by atoms with van der Waals surface area (Å²) in [4.78, 5) is 0. The zero-order chi connectivity index (χ0) is 20.7. The molecule has 1 heterocycles. The molecule has 0 spiro atoms. The number of benzene rings is 2. The van der Waals surface area contributed by atoms with Crippen molar-refractivity contribution in [2.75, 3.05) is 0 Å². The van der Waals surface area contributed by atoms with Crippen LogP contribution in [-0.4, -0.2) is 0 Å². The molecule has 0 radical (unpaired) electrons. The molecule has 7 heteroatoms. The highest BCUT2D eigenvalue weighted by atomic mass is 35.5. The van der Waals surface area contributed by atoms with Crippen molar-refractivity contribution in [3.05, 3.63) is 96.0 Å². The van der Waals surface area contributed by atoms with E-state index in [2.05, 4.69) is 6.07 Å². The SMILES string of the molecule is N#CC1=C(N)OC2=C(CC/C2=C/c2ccc(Cl)cc2Cl)C1c1ccc(Cl)cc1Cl. The van der Waals surface area contributed by atoms with E-state index in [0.717, 1.165) is 28.7 Å². The minimum atomic E-state index is -0.375. The summed E-state index contributed by atoms with van der Waals surface area (Å²) < 4.78 is 5.89. The second-order valence-corrected chi connectivity index (χ2v) is 8.47. The molecule has 2 aromatic carbocycles. The van der Waals surface area contributed by atoms with E-state index in [0.29, 0.717) is 37.8 Å². The van der Waals surface area contributed by atoms with Gasteiger partial charge in [0.1, 0.15) is 17.4 Å². The normalized spacial score (nSPS) is 20.0. The standard InChI is InChI=1S/C22H14Cl4N2O/c23-13-3-1-11(18(25)8-13)7-12-2-5-16-20(15-6-4-14(24)9-19(15)26)17(10-27)22(28)29-21(12)16/h1,3-4,6-9,20H,2,5,28H2/b12-7-. The molecule has 4 rings (SSSR count). The van der Waals surface area contributed by atoms with Crippen molar-refractivity contribution in [3.63, 3.8) is 0 Å². The molecule has 0 saturated heterocycles. The van der Waals surface area contributed by atoms with Crippen LogP contribution in [0.25, 0.3) is 6.08 Å². The van der Waals surface area contributed by atoms with Gasteiger partial charge < -0.3 is 10.5 Å². The summed E-state index contributed by atoms with van der Waals surface area (Å²) in [7, 11) is 0. The summed E-state index contributed by atoms with van der Waals surface area (Å²) in [5.74, 6) is 0.376. The van der Waals surface area contributed by atoms with Gasteiger partial charge in [-0.05, 0) is 65.5 Å². The molecule has 29 heavy (non-hydrogen) atoms. The van der Waals surface area contributed by atoms with Gasteiger partial charge in [0.05, 0.1) is 5.92 Å². The van der Waals surface area contributed by atoms with Gasteiger partial charge in [0.15, 0.2) is 0 Å². The third-order valence-corrected chi connectivity index (χ3v) is 6.17. The number of rotatable bonds is 2. The van der Waals surface area contributed by atoms with E-state index in [1.54, 1.807) is 24.3 Å². The Morgan fingerprint density at radius 2 is 1.69 bits per heavy atom. The number of nitriles is 1. The van der Waals surface area contributed by atoms with Gasteiger partial charge in [-0.25, -0.2) is 0 Å². The fraction of sp³-hybridized carbons (Fsp3) is 0.136. The number of halogens is 4. The van der Waals surface area contributed by atoms with Gasteiger partial charge in [0.25, 0.3) is 0 Å². The van der Waals surface area contributed by atoms with Crippen LogP contribution in [0.1, 0.15) is 29.9 Å². The topological polar surface area (TPSA) is 59.0 Å². The third-order valence-electron chi connectivity index (χ3n) is 5.05. The quantitative estimate of drug-likeness (QED) is 0.510. The molecule has 0 aromatic heterocycles. The van der Waals surface area contributed by atoms with Gasteiger partial charge in [-0.3, -0.25) is 0 Å². The molecule has 0 fully saturated rings. The largest absolute Gasteiger partial charge is 0.440 e. The minimum Gasteiger partial charge on any atom is -0.440 e. The number of ether oxygens (including phenoxy) is 1. The number of nitrogens with two attached hydrogens (primary N) is 1. The third kappa shape index (κ3) is 3.74. The van der Waals surface area contributed by atoms with Crippen LogP contribution in [0.5, 0.6) is 0 Å². The van der Waals surface area contributed by atoms with Crippen molar-refractivity contribution >= 4 is 52.5 Å². The van der Waals surface area contributed by atoms with Gasteiger partial charge in [0, 0.05) is 20.1 Å². The molecule has 2 N–H and O–H groups in total. The Kier molecular flexibility index (Phi) is 5.55. The van der Waals surface area contributed by atoms with Crippen LogP contribution in [0.2, 0.25) is 20.1 Å². The predicted molar refractivity (Wildman–Crippen MR) is 118 cm³/mol. The Morgan fingerprint density at radius 3 is 2.34 bits per heavy atom. The molecule has 2 aliphatic rings. The van der Waals surface area contributed by atoms with Gasteiger partial charge >= 0.3 is 0 Å². The van der Waals surface area contributed by atoms with Crippen molar-refractivity contribution in [1.82, 2.24) is 0 Å². The molecule has 0 amide bonds. The van der Waals surface area contributed by atoms with E-state index in [-0.39, 0.29) is 11.8 Å². The van der Waals surface area contributed by atoms with Gasteiger partial charge in [-0.1, -0.05) is 58.5 Å². The van der Waals surface area contributed by atoms with Crippen LogP contribution in [0, 0.1) is 11.3 Å². The van der Waals surface area contributed by atoms with Crippen molar-refractivity contribution in [2.24, 2.45) is 5.73 Å². The van der Waals surface area contributed by atoms with Crippen LogP contribution in [0.15, 0.2) is 64.8 Å². The van der Waals surface area contributed by atoms with Gasteiger partial charge in [-0.15, -0.1) is 0 Å². The second-order valence-electron chi connectivity index (χ2n) is 6.78. The van der Waals surface area contributed by atoms with Crippen LogP contribution in [0.4, 0.5) is 0 Å². The molecule has 3 nitrogen and oxygen atoms in total. The van der Waals surface area contributed by atoms with E-state index in [1.165, 1.54) is 0 Å². The highest BCUT2D eigenvalue weighted by molar-refractivity contribution is 6.36. The Morgan fingerprint density at radius 1 is 1.00 bits per heavy atom. The van der Waals surface area contributed by atoms with Crippen LogP contribution < -0.4 is 5.73 Å². The van der Waals surface area contributed by atoms with E-state index >= 15 is 0 Å². The molecular formula is C22H14Cl4N2O. The monoisotopic (exact) mass is 462 g/mol. The van der Waals surface area contributed by atoms with E-state index < -0.39 is 0 Å². The first-order valence-electron chi connectivity index (χ1n) is 8.80. The number of hydrogen-bond acceptors (Lipinski definition) is 3. The fourth-order valence-electron chi connectivity index (χ4n) is 3.73. The summed E-state index contributed by atoms with van der Waals surface area (Å²) >= 11 is 24.8. The molecule has 146 valence electrons. The van der Waals surface area contributed by atoms with E-state index in [4.69, 9.17) is 56.9 Å². The molecule has 1 unspecified atom stereocenters. The summed E-state index contributed by atoms with van der Waals surface area (Å²) in [6, 6.07) is 12.8. The summed E-state index contributed by atoms with van der Waals surface area (Å²) in [6.07, 6.45) is 3.41. The lowest BCUT2D eigenvalue weighted by molar-refractivity contribution is 0.292. The highest BCUT2D eigenvalue weighted by Gasteiger charge is 2.38. The maximum Gasteiger partial charge on any atom is 0.205 e. The van der Waals surface area contributed by atoms with E-state index in [9.17, 15) is 5.26 Å². The molecule has 1 aliphatic heterocycles. The van der Waals surface area contributed by atoms with Crippen molar-refractivity contribution in [2.45, 2.75) is 18.8 Å². The zero-order valence-corrected chi connectivity index (χ0v) is 18.0.